The van der Waals surface area contributed by atoms with Gasteiger partial charge in [-0.05, 0) is 59.4 Å². The van der Waals surface area contributed by atoms with Gasteiger partial charge in [0.1, 0.15) is 11.6 Å². The molecule has 0 fully saturated rings. The van der Waals surface area contributed by atoms with Crippen molar-refractivity contribution < 1.29 is 8.78 Å². The number of rotatable bonds is 4. The fourth-order valence-corrected chi connectivity index (χ4v) is 4.28. The lowest BCUT2D eigenvalue weighted by Gasteiger charge is -2.27. The van der Waals surface area contributed by atoms with Crippen LogP contribution in [-0.4, -0.2) is 9.97 Å². The topological polar surface area (TPSA) is 37.8 Å². The first-order valence-electron chi connectivity index (χ1n) is 10.4. The zero-order valence-electron chi connectivity index (χ0n) is 17.1. The number of halogens is 2. The summed E-state index contributed by atoms with van der Waals surface area (Å²) < 4.78 is 28.4. The van der Waals surface area contributed by atoms with E-state index in [-0.39, 0.29) is 17.6 Å². The van der Waals surface area contributed by atoms with Crippen molar-refractivity contribution in [3.8, 4) is 11.3 Å². The van der Waals surface area contributed by atoms with Gasteiger partial charge in [-0.1, -0.05) is 49.4 Å². The number of nitrogens with one attached hydrogen (secondary N) is 1. The van der Waals surface area contributed by atoms with Gasteiger partial charge in [0.2, 0.25) is 5.95 Å². The minimum atomic E-state index is -0.215. The smallest absolute Gasteiger partial charge is 0.227 e. The molecule has 0 spiro atoms. The van der Waals surface area contributed by atoms with Crippen LogP contribution in [0.25, 0.3) is 11.3 Å². The van der Waals surface area contributed by atoms with Gasteiger partial charge in [-0.25, -0.2) is 18.7 Å². The van der Waals surface area contributed by atoms with E-state index < -0.39 is 0 Å². The molecule has 0 saturated heterocycles. The molecule has 3 nitrogen and oxygen atoms in total. The van der Waals surface area contributed by atoms with E-state index in [1.807, 2.05) is 43.3 Å². The molecule has 3 aromatic carbocycles. The zero-order valence-corrected chi connectivity index (χ0v) is 17.1. The minimum absolute atomic E-state index is 0.0866. The largest absolute Gasteiger partial charge is 0.324 e. The SMILES string of the molecule is CCc1cc(Nc2ncc3c(n2)-c2ccccc2[C@H](c2ccccc2F)C3)ccc1F. The standard InChI is InChI=1S/C26H21F2N3/c1-2-16-13-18(11-12-23(16)27)30-26-29-15-17-14-22(20-8-5-6-10-24(20)28)19-7-3-4-9-21(19)25(17)31-26/h3-13,15,22H,2,14H2,1H3,(H,29,30,31)/t22-/m1/s1. The molecular formula is C26H21F2N3. The molecule has 1 N–H and O–H groups in total. The van der Waals surface area contributed by atoms with Crippen LogP contribution < -0.4 is 5.32 Å². The first-order valence-corrected chi connectivity index (χ1v) is 10.4. The van der Waals surface area contributed by atoms with Gasteiger partial charge in [0.25, 0.3) is 0 Å². The van der Waals surface area contributed by atoms with E-state index >= 15 is 0 Å². The molecule has 0 saturated carbocycles. The van der Waals surface area contributed by atoms with Crippen molar-refractivity contribution in [2.75, 3.05) is 5.32 Å². The number of anilines is 2. The summed E-state index contributed by atoms with van der Waals surface area (Å²) in [7, 11) is 0. The van der Waals surface area contributed by atoms with Crippen molar-refractivity contribution in [1.29, 1.82) is 0 Å². The van der Waals surface area contributed by atoms with Crippen LogP contribution in [0.15, 0.2) is 72.9 Å². The van der Waals surface area contributed by atoms with Crippen LogP contribution in [-0.2, 0) is 12.8 Å². The van der Waals surface area contributed by atoms with Gasteiger partial charge in [0.05, 0.1) is 5.69 Å². The molecule has 4 aromatic rings. The second kappa shape index (κ2) is 7.91. The Hall–Kier alpha value is -3.60. The summed E-state index contributed by atoms with van der Waals surface area (Å²) in [6.07, 6.45) is 3.04. The second-order valence-corrected chi connectivity index (χ2v) is 7.72. The Morgan fingerprint density at radius 3 is 2.52 bits per heavy atom. The molecule has 0 radical (unpaired) electrons. The van der Waals surface area contributed by atoms with E-state index in [2.05, 4.69) is 10.3 Å². The normalized spacial score (nSPS) is 14.6. The van der Waals surface area contributed by atoms with Gasteiger partial charge in [-0.3, -0.25) is 0 Å². The molecule has 5 heteroatoms. The lowest BCUT2D eigenvalue weighted by molar-refractivity contribution is 0.593. The lowest BCUT2D eigenvalue weighted by atomic mass is 9.78. The molecule has 0 bridgehead atoms. The summed E-state index contributed by atoms with van der Waals surface area (Å²) >= 11 is 0. The van der Waals surface area contributed by atoms with E-state index in [1.54, 1.807) is 24.4 Å². The molecule has 0 amide bonds. The second-order valence-electron chi connectivity index (χ2n) is 7.72. The number of hydrogen-bond donors (Lipinski definition) is 1. The van der Waals surface area contributed by atoms with Crippen molar-refractivity contribution in [3.05, 3.63) is 107 Å². The van der Waals surface area contributed by atoms with E-state index in [9.17, 15) is 8.78 Å². The highest BCUT2D eigenvalue weighted by atomic mass is 19.1. The van der Waals surface area contributed by atoms with Gasteiger partial charge < -0.3 is 5.32 Å². The van der Waals surface area contributed by atoms with E-state index in [0.717, 1.165) is 28.1 Å². The Balaban J connectivity index is 1.54. The highest BCUT2D eigenvalue weighted by Crippen LogP contribution is 2.42. The molecule has 1 aliphatic carbocycles. The fraction of sp³-hybridized carbons (Fsp3) is 0.154. The predicted molar refractivity (Wildman–Crippen MR) is 118 cm³/mol. The summed E-state index contributed by atoms with van der Waals surface area (Å²) in [6.45, 7) is 1.92. The number of benzene rings is 3. The Labute approximate surface area is 179 Å². The first kappa shape index (κ1) is 19.4. The Morgan fingerprint density at radius 1 is 0.935 bits per heavy atom. The molecule has 1 aliphatic rings. The predicted octanol–water partition coefficient (Wildman–Crippen LogP) is 6.42. The number of aryl methyl sites for hydroxylation is 1. The van der Waals surface area contributed by atoms with Gasteiger partial charge in [0, 0.05) is 23.4 Å². The van der Waals surface area contributed by atoms with Gasteiger partial charge in [-0.2, -0.15) is 0 Å². The monoisotopic (exact) mass is 413 g/mol. The number of nitrogens with zero attached hydrogens (tertiary/aromatic N) is 2. The molecule has 1 atom stereocenters. The van der Waals surface area contributed by atoms with Crippen LogP contribution in [0.3, 0.4) is 0 Å². The molecule has 31 heavy (non-hydrogen) atoms. The zero-order chi connectivity index (χ0) is 21.4. The number of hydrogen-bond acceptors (Lipinski definition) is 3. The third-order valence-corrected chi connectivity index (χ3v) is 5.84. The van der Waals surface area contributed by atoms with Crippen molar-refractivity contribution in [3.63, 3.8) is 0 Å². The Kier molecular flexibility index (Phi) is 4.94. The molecule has 154 valence electrons. The maximum atomic E-state index is 14.6. The molecule has 1 heterocycles. The van der Waals surface area contributed by atoms with Crippen molar-refractivity contribution in [2.45, 2.75) is 25.7 Å². The molecule has 1 aromatic heterocycles. The van der Waals surface area contributed by atoms with Crippen LogP contribution >= 0.6 is 0 Å². The van der Waals surface area contributed by atoms with Crippen LogP contribution in [0.5, 0.6) is 0 Å². The van der Waals surface area contributed by atoms with Crippen LogP contribution in [0, 0.1) is 11.6 Å². The van der Waals surface area contributed by atoms with E-state index in [0.29, 0.717) is 29.9 Å². The average Bonchev–Trinajstić information content (AvgIpc) is 2.80. The van der Waals surface area contributed by atoms with Crippen molar-refractivity contribution >= 4 is 11.6 Å². The highest BCUT2D eigenvalue weighted by Gasteiger charge is 2.28. The summed E-state index contributed by atoms with van der Waals surface area (Å²) in [5.74, 6) is -0.0522. The molecular weight excluding hydrogens is 392 g/mol. The van der Waals surface area contributed by atoms with Gasteiger partial charge >= 0.3 is 0 Å². The maximum absolute atomic E-state index is 14.6. The number of fused-ring (bicyclic) bond motifs is 3. The summed E-state index contributed by atoms with van der Waals surface area (Å²) in [6, 6.07) is 19.8. The molecule has 5 rings (SSSR count). The van der Waals surface area contributed by atoms with Crippen molar-refractivity contribution in [2.24, 2.45) is 0 Å². The number of aromatic nitrogens is 2. The van der Waals surface area contributed by atoms with Crippen molar-refractivity contribution in [1.82, 2.24) is 9.97 Å². The molecule has 0 unspecified atom stereocenters. The first-order chi connectivity index (χ1) is 15.1. The Bertz CT molecular complexity index is 1270. The molecule has 0 aliphatic heterocycles. The average molecular weight is 413 g/mol. The summed E-state index contributed by atoms with van der Waals surface area (Å²) in [4.78, 5) is 9.25. The third kappa shape index (κ3) is 3.56. The van der Waals surface area contributed by atoms with Crippen LogP contribution in [0.1, 0.15) is 35.1 Å². The minimum Gasteiger partial charge on any atom is -0.324 e. The summed E-state index contributed by atoms with van der Waals surface area (Å²) in [5, 5.41) is 3.19. The van der Waals surface area contributed by atoms with Crippen LogP contribution in [0.4, 0.5) is 20.4 Å². The summed E-state index contributed by atoms with van der Waals surface area (Å²) in [5.41, 5.74) is 5.92. The fourth-order valence-electron chi connectivity index (χ4n) is 4.28. The third-order valence-electron chi connectivity index (χ3n) is 5.84. The van der Waals surface area contributed by atoms with Gasteiger partial charge in [0.15, 0.2) is 0 Å². The van der Waals surface area contributed by atoms with Crippen LogP contribution in [0.2, 0.25) is 0 Å². The lowest BCUT2D eigenvalue weighted by Crippen LogP contribution is -2.16. The Morgan fingerprint density at radius 2 is 1.71 bits per heavy atom. The van der Waals surface area contributed by atoms with E-state index in [4.69, 9.17) is 4.98 Å². The highest BCUT2D eigenvalue weighted by molar-refractivity contribution is 5.73. The maximum Gasteiger partial charge on any atom is 0.227 e. The van der Waals surface area contributed by atoms with E-state index in [1.165, 1.54) is 12.1 Å². The quantitative estimate of drug-likeness (QED) is 0.420. The van der Waals surface area contributed by atoms with Gasteiger partial charge in [-0.15, -0.1) is 0 Å².